The fourth-order valence-electron chi connectivity index (χ4n) is 4.74. The van der Waals surface area contributed by atoms with Crippen molar-refractivity contribution in [3.8, 4) is 17.2 Å². The molecule has 0 radical (unpaired) electrons. The highest BCUT2D eigenvalue weighted by molar-refractivity contribution is 7.80. The van der Waals surface area contributed by atoms with Crippen LogP contribution in [-0.2, 0) is 6.42 Å². The zero-order valence-electron chi connectivity index (χ0n) is 20.9. The van der Waals surface area contributed by atoms with Gasteiger partial charge < -0.3 is 28.8 Å². The van der Waals surface area contributed by atoms with Crippen molar-refractivity contribution in [3.05, 3.63) is 93.8 Å². The smallest absolute Gasteiger partial charge is 0.336 e. The quantitative estimate of drug-likeness (QED) is 0.266. The molecule has 0 saturated carbocycles. The Morgan fingerprint density at radius 1 is 1.05 bits per heavy atom. The first-order valence-corrected chi connectivity index (χ1v) is 12.4. The Morgan fingerprint density at radius 3 is 2.57 bits per heavy atom. The van der Waals surface area contributed by atoms with Crippen LogP contribution in [0.3, 0.4) is 0 Å². The van der Waals surface area contributed by atoms with E-state index >= 15 is 0 Å². The van der Waals surface area contributed by atoms with Crippen LogP contribution < -0.4 is 25.2 Å². The number of anilines is 1. The van der Waals surface area contributed by atoms with Crippen molar-refractivity contribution in [3.63, 3.8) is 0 Å². The summed E-state index contributed by atoms with van der Waals surface area (Å²) in [6.45, 7) is 2.92. The number of ether oxygens (including phenoxy) is 3. The Hall–Kier alpha value is -4.04. The summed E-state index contributed by atoms with van der Waals surface area (Å²) in [5, 5.41) is 4.84. The third-order valence-corrected chi connectivity index (χ3v) is 6.96. The first kappa shape index (κ1) is 24.6. The largest absolute Gasteiger partial charge is 0.493 e. The van der Waals surface area contributed by atoms with E-state index in [-0.39, 0.29) is 11.7 Å². The van der Waals surface area contributed by atoms with Crippen molar-refractivity contribution in [2.75, 3.05) is 32.7 Å². The van der Waals surface area contributed by atoms with Crippen LogP contribution in [0.2, 0.25) is 0 Å². The van der Waals surface area contributed by atoms with Gasteiger partial charge in [0.25, 0.3) is 0 Å². The number of benzene rings is 3. The summed E-state index contributed by atoms with van der Waals surface area (Å²) in [6.07, 6.45) is 0.795. The molecular formula is C29H28N2O5S. The second kappa shape index (κ2) is 10.5. The van der Waals surface area contributed by atoms with Gasteiger partial charge >= 0.3 is 5.63 Å². The van der Waals surface area contributed by atoms with Crippen LogP contribution >= 0.6 is 12.2 Å². The minimum absolute atomic E-state index is 0.188. The van der Waals surface area contributed by atoms with Gasteiger partial charge in [0, 0.05) is 29.8 Å². The number of hydrogen-bond acceptors (Lipinski definition) is 6. The molecule has 2 heterocycles. The monoisotopic (exact) mass is 516 g/mol. The Morgan fingerprint density at radius 2 is 1.81 bits per heavy atom. The van der Waals surface area contributed by atoms with E-state index in [1.54, 1.807) is 20.3 Å². The lowest BCUT2D eigenvalue weighted by molar-refractivity contribution is 0.190. The summed E-state index contributed by atoms with van der Waals surface area (Å²) < 4.78 is 22.8. The van der Waals surface area contributed by atoms with E-state index in [2.05, 4.69) is 10.2 Å². The number of aryl methyl sites for hydroxylation is 1. The van der Waals surface area contributed by atoms with Gasteiger partial charge in [-0.15, -0.1) is 0 Å². The molecule has 190 valence electrons. The van der Waals surface area contributed by atoms with Gasteiger partial charge in [0.1, 0.15) is 17.9 Å². The molecule has 37 heavy (non-hydrogen) atoms. The Kier molecular flexibility index (Phi) is 7.01. The van der Waals surface area contributed by atoms with Gasteiger partial charge in [-0.2, -0.15) is 0 Å². The van der Waals surface area contributed by atoms with E-state index in [0.717, 1.165) is 34.2 Å². The van der Waals surface area contributed by atoms with Crippen molar-refractivity contribution in [2.24, 2.45) is 0 Å². The predicted octanol–water partition coefficient (Wildman–Crippen LogP) is 5.49. The molecule has 0 saturated heterocycles. The first-order chi connectivity index (χ1) is 18.0. The lowest BCUT2D eigenvalue weighted by Crippen LogP contribution is -2.44. The van der Waals surface area contributed by atoms with Crippen LogP contribution in [0.4, 0.5) is 5.69 Å². The maximum Gasteiger partial charge on any atom is 0.336 e. The highest BCUT2D eigenvalue weighted by atomic mass is 32.1. The third-order valence-electron chi connectivity index (χ3n) is 6.62. The number of methoxy groups -OCH3 is 2. The van der Waals surface area contributed by atoms with Gasteiger partial charge in [-0.1, -0.05) is 18.2 Å². The standard InChI is InChI=1S/C29H28N2O5S/c1-18-13-28(32)36-25-15-21(9-10-22(18)25)35-17-24-23-16-27(34-3)26(33-2)14-19(23)11-12-31(24)29(37)30-20-7-5-4-6-8-20/h4-10,13-16,24H,11-12,17H2,1-3H3,(H,30,37)/t24-/m1/s1. The van der Waals surface area contributed by atoms with Crippen LogP contribution in [0.25, 0.3) is 11.0 Å². The molecule has 8 heteroatoms. The van der Waals surface area contributed by atoms with Crippen molar-refractivity contribution in [2.45, 2.75) is 19.4 Å². The van der Waals surface area contributed by atoms with E-state index in [9.17, 15) is 4.79 Å². The van der Waals surface area contributed by atoms with E-state index in [1.165, 1.54) is 6.07 Å². The lowest BCUT2D eigenvalue weighted by atomic mass is 9.92. The Balaban J connectivity index is 1.47. The second-order valence-electron chi connectivity index (χ2n) is 8.88. The molecule has 1 N–H and O–H groups in total. The number of nitrogens with one attached hydrogen (secondary N) is 1. The van der Waals surface area contributed by atoms with Crippen molar-refractivity contribution >= 4 is 34.0 Å². The molecule has 4 aromatic rings. The average molecular weight is 517 g/mol. The molecule has 1 aliphatic heterocycles. The number of thiocarbonyl (C=S) groups is 1. The average Bonchev–Trinajstić information content (AvgIpc) is 2.90. The van der Waals surface area contributed by atoms with Gasteiger partial charge in [-0.05, 0) is 78.7 Å². The lowest BCUT2D eigenvalue weighted by Gasteiger charge is -2.39. The third kappa shape index (κ3) is 5.11. The summed E-state index contributed by atoms with van der Waals surface area (Å²) in [4.78, 5) is 14.0. The molecule has 5 rings (SSSR count). The molecule has 0 fully saturated rings. The minimum atomic E-state index is -0.382. The maximum atomic E-state index is 11.9. The summed E-state index contributed by atoms with van der Waals surface area (Å²) >= 11 is 5.85. The fourth-order valence-corrected chi connectivity index (χ4v) is 5.07. The highest BCUT2D eigenvalue weighted by Gasteiger charge is 2.31. The molecule has 0 unspecified atom stereocenters. The normalized spacial score (nSPS) is 14.7. The van der Waals surface area contributed by atoms with Gasteiger partial charge in [-0.3, -0.25) is 0 Å². The summed E-state index contributed by atoms with van der Waals surface area (Å²) in [5.41, 5.74) is 4.12. The van der Waals surface area contributed by atoms with Crippen LogP contribution in [0.5, 0.6) is 17.2 Å². The van der Waals surface area contributed by atoms with E-state index in [0.29, 0.717) is 41.1 Å². The van der Waals surface area contributed by atoms with Crippen LogP contribution in [0, 0.1) is 6.92 Å². The van der Waals surface area contributed by atoms with Gasteiger partial charge in [0.15, 0.2) is 16.6 Å². The number of fused-ring (bicyclic) bond motifs is 2. The van der Waals surface area contributed by atoms with E-state index in [1.807, 2.05) is 61.5 Å². The Labute approximate surface area is 220 Å². The summed E-state index contributed by atoms with van der Waals surface area (Å²) in [5.74, 6) is 1.95. The molecule has 3 aromatic carbocycles. The fraction of sp³-hybridized carbons (Fsp3) is 0.241. The molecule has 1 atom stereocenters. The van der Waals surface area contributed by atoms with Crippen LogP contribution in [0.15, 0.2) is 75.9 Å². The molecule has 0 spiro atoms. The summed E-state index contributed by atoms with van der Waals surface area (Å²) in [7, 11) is 3.27. The molecular weight excluding hydrogens is 488 g/mol. The topological polar surface area (TPSA) is 73.2 Å². The van der Waals surface area contributed by atoms with E-state index < -0.39 is 0 Å². The second-order valence-corrected chi connectivity index (χ2v) is 9.27. The highest BCUT2D eigenvalue weighted by Crippen LogP contribution is 2.39. The molecule has 1 aliphatic rings. The number of hydrogen-bond donors (Lipinski definition) is 1. The van der Waals surface area contributed by atoms with Crippen LogP contribution in [-0.4, -0.2) is 37.4 Å². The zero-order valence-corrected chi connectivity index (χ0v) is 21.8. The number of nitrogens with zero attached hydrogens (tertiary/aromatic N) is 1. The van der Waals surface area contributed by atoms with Crippen molar-refractivity contribution < 1.29 is 18.6 Å². The molecule has 0 aliphatic carbocycles. The first-order valence-electron chi connectivity index (χ1n) is 12.0. The molecule has 0 amide bonds. The van der Waals surface area contributed by atoms with Gasteiger partial charge in [0.05, 0.1) is 20.3 Å². The maximum absolute atomic E-state index is 11.9. The molecule has 1 aromatic heterocycles. The molecule has 0 bridgehead atoms. The van der Waals surface area contributed by atoms with Crippen LogP contribution in [0.1, 0.15) is 22.7 Å². The minimum Gasteiger partial charge on any atom is -0.493 e. The van der Waals surface area contributed by atoms with Crippen molar-refractivity contribution in [1.29, 1.82) is 0 Å². The SMILES string of the molecule is COc1cc2c(cc1OC)[C@@H](COc1ccc3c(C)cc(=O)oc3c1)N(C(=S)Nc1ccccc1)CC2. The Bertz CT molecular complexity index is 1500. The number of rotatable bonds is 6. The van der Waals surface area contributed by atoms with E-state index in [4.69, 9.17) is 30.8 Å². The molecule has 7 nitrogen and oxygen atoms in total. The van der Waals surface area contributed by atoms with Crippen molar-refractivity contribution in [1.82, 2.24) is 4.90 Å². The predicted molar refractivity (Wildman–Crippen MR) is 148 cm³/mol. The van der Waals surface area contributed by atoms with Gasteiger partial charge in [0.2, 0.25) is 0 Å². The van der Waals surface area contributed by atoms with Gasteiger partial charge in [-0.25, -0.2) is 4.79 Å². The number of para-hydroxylation sites is 1. The zero-order chi connectivity index (χ0) is 25.9. The summed E-state index contributed by atoms with van der Waals surface area (Å²) in [6, 6.07) is 20.7.